The third-order valence-electron chi connectivity index (χ3n) is 12.7. The molecule has 3 fully saturated rings. The standard InChI is InChI=1S/3C17H22N6O/c3*1-11-5-6-23(15(24)8-18-3)9-14(11)22(4)17-13-7-12(2)21-16(13)19-10-20-17/h3*7,10-11,14H,5-6,8-9H2,1-2,4H3,(H,19,20,21)/t3*11-,14+/m111/s1/i1D3,7D,11D,14D;1D3,7D,14D;1D3,7D. The summed E-state index contributed by atoms with van der Waals surface area (Å²) in [5.74, 6) is -4.35. The molecule has 6 aromatic rings. The summed E-state index contributed by atoms with van der Waals surface area (Å²) < 4.78 is 124. The van der Waals surface area contributed by atoms with Crippen LogP contribution in [0.3, 0.4) is 0 Å². The molecule has 378 valence electrons. The van der Waals surface area contributed by atoms with Crippen LogP contribution in [-0.2, 0) is 14.4 Å². The SMILES string of the molecule is [2H]c1c(C)[nH]c2ncnc(N(C)[C@@]3([2H])CN(C(=O)C[N+]#[C-])CC[C@@]3([2H])C([2H])([2H])[2H])c12.[2H]c1c(C)[nH]c2ncnc(N(C)[C@@]3([2H])CN(C(=O)C[N+]#[C-])CC[C@H]3C([2H])([2H])[2H])c12.[2H]c1c(C)[nH]c2ncnc(N(C)[C@H]3CN(C(=O)C[N+]#[C-])CC[C@H]3C([2H])([2H])[2H])c12. The third-order valence-corrected chi connectivity index (χ3v) is 12.7. The lowest BCUT2D eigenvalue weighted by Crippen LogP contribution is -2.53. The largest absolute Gasteiger partial charge is 0.354 e. The van der Waals surface area contributed by atoms with Crippen molar-refractivity contribution < 1.29 is 34.9 Å². The summed E-state index contributed by atoms with van der Waals surface area (Å²) >= 11 is 0. The zero-order chi connectivity index (χ0) is 64.7. The highest BCUT2D eigenvalue weighted by molar-refractivity contribution is 5.90. The van der Waals surface area contributed by atoms with Gasteiger partial charge in [0, 0.05) is 91.2 Å². The van der Waals surface area contributed by atoms with Crippen LogP contribution in [0.2, 0.25) is 0 Å². The van der Waals surface area contributed by atoms with E-state index in [4.69, 9.17) is 40.3 Å². The number of nitrogens with one attached hydrogen (secondary N) is 3. The fourth-order valence-electron chi connectivity index (χ4n) is 8.85. The van der Waals surface area contributed by atoms with E-state index in [9.17, 15) is 14.4 Å². The molecule has 0 aliphatic carbocycles. The fraction of sp³-hybridized carbons (Fsp3) is 0.529. The lowest BCUT2D eigenvalue weighted by Gasteiger charge is -2.41. The number of nitrogens with zero attached hydrogens (tertiary/aromatic N) is 15. The minimum absolute atomic E-state index is 0.0309. The molecule has 0 unspecified atom stereocenters. The van der Waals surface area contributed by atoms with Gasteiger partial charge in [-0.2, -0.15) is 0 Å². The van der Waals surface area contributed by atoms with Gasteiger partial charge in [0.25, 0.3) is 19.6 Å². The van der Waals surface area contributed by atoms with Crippen molar-refractivity contribution in [2.45, 2.75) is 78.7 Å². The number of hydrogen-bond acceptors (Lipinski definition) is 12. The number of fused-ring (bicyclic) bond motifs is 3. The summed E-state index contributed by atoms with van der Waals surface area (Å²) in [5, 5.41) is 1.23. The smallest absolute Gasteiger partial charge is 0.302 e. The molecule has 3 amide bonds. The molecule has 21 heteroatoms. The van der Waals surface area contributed by atoms with Gasteiger partial charge in [-0.1, -0.05) is 20.6 Å². The highest BCUT2D eigenvalue weighted by Gasteiger charge is 2.36. The van der Waals surface area contributed by atoms with Crippen molar-refractivity contribution in [2.24, 2.45) is 17.7 Å². The van der Waals surface area contributed by atoms with Gasteiger partial charge in [-0.3, -0.25) is 14.4 Å². The molecule has 3 N–H and O–H groups in total. The van der Waals surface area contributed by atoms with Gasteiger partial charge in [0.15, 0.2) is 0 Å². The molecule has 0 bridgehead atoms. The van der Waals surface area contributed by atoms with Crippen LogP contribution in [-0.4, -0.2) is 175 Å². The Hall–Kier alpha value is -7.86. The first-order valence-electron chi connectivity index (χ1n) is 30.5. The van der Waals surface area contributed by atoms with Gasteiger partial charge >= 0.3 is 17.7 Å². The first-order chi connectivity index (χ1) is 40.5. The van der Waals surface area contributed by atoms with Crippen molar-refractivity contribution in [1.29, 1.82) is 0 Å². The molecule has 0 aromatic carbocycles. The molecule has 6 atom stereocenters. The zero-order valence-electron chi connectivity index (χ0n) is 55.9. The summed E-state index contributed by atoms with van der Waals surface area (Å²) in [5.41, 5.74) is 3.06. The Kier molecular flexibility index (Phi) is 11.2. The molecular weight excluding hydrogens is 913 g/mol. The van der Waals surface area contributed by atoms with Crippen molar-refractivity contribution in [3.8, 4) is 0 Å². The predicted octanol–water partition coefficient (Wildman–Crippen LogP) is 5.58. The maximum Gasteiger partial charge on any atom is 0.302 e. The number of anilines is 3. The zero-order valence-corrected chi connectivity index (χ0v) is 40.9. The van der Waals surface area contributed by atoms with Crippen LogP contribution >= 0.6 is 0 Å². The summed E-state index contributed by atoms with van der Waals surface area (Å²) in [4.78, 5) is 88.9. The molecule has 9 heterocycles. The number of H-pyrrole nitrogens is 3. The quantitative estimate of drug-likeness (QED) is 0.152. The van der Waals surface area contributed by atoms with Gasteiger partial charge < -0.3 is 58.9 Å². The molecule has 3 aliphatic rings. The Morgan fingerprint density at radius 3 is 1.42 bits per heavy atom. The van der Waals surface area contributed by atoms with Gasteiger partial charge in [-0.05, 0) is 75.9 Å². The van der Waals surface area contributed by atoms with Crippen LogP contribution < -0.4 is 14.7 Å². The van der Waals surface area contributed by atoms with Crippen molar-refractivity contribution in [2.75, 3.05) is 94.7 Å². The van der Waals surface area contributed by atoms with E-state index in [0.717, 1.165) is 0 Å². The van der Waals surface area contributed by atoms with Crippen LogP contribution in [0, 0.1) is 58.2 Å². The van der Waals surface area contributed by atoms with Gasteiger partial charge in [0.2, 0.25) is 0 Å². The molecule has 21 nitrogen and oxygen atoms in total. The number of carbonyl (C=O) groups excluding carboxylic acids is 3. The summed E-state index contributed by atoms with van der Waals surface area (Å²) in [7, 11) is 4.72. The lowest BCUT2D eigenvalue weighted by molar-refractivity contribution is -0.131. The van der Waals surface area contributed by atoms with Crippen molar-refractivity contribution in [3.63, 3.8) is 0 Å². The van der Waals surface area contributed by atoms with Gasteiger partial charge in [0.1, 0.15) is 53.4 Å². The second kappa shape index (κ2) is 22.9. The molecule has 0 saturated carbocycles. The fourth-order valence-corrected chi connectivity index (χ4v) is 8.85. The Balaban J connectivity index is 0.000000187. The van der Waals surface area contributed by atoms with Crippen LogP contribution in [0.4, 0.5) is 17.5 Å². The third kappa shape index (κ3) is 11.5. The minimum atomic E-state index is -2.82. The van der Waals surface area contributed by atoms with Gasteiger partial charge in [-0.25, -0.2) is 49.6 Å². The van der Waals surface area contributed by atoms with E-state index in [2.05, 4.69) is 59.4 Å². The molecule has 9 rings (SSSR count). The number of piperidine rings is 3. The van der Waals surface area contributed by atoms with Crippen LogP contribution in [0.5, 0.6) is 0 Å². The predicted molar refractivity (Wildman–Crippen MR) is 278 cm³/mol. The Labute approximate surface area is 441 Å². The second-order valence-corrected chi connectivity index (χ2v) is 17.5. The highest BCUT2D eigenvalue weighted by Crippen LogP contribution is 2.32. The van der Waals surface area contributed by atoms with E-state index in [1.54, 1.807) is 44.7 Å². The highest BCUT2D eigenvalue weighted by atomic mass is 16.2. The average Bonchev–Trinajstić information content (AvgIpc) is 1.07. The molecular formula is C51H66N18O3. The van der Waals surface area contributed by atoms with Crippen LogP contribution in [0.1, 0.15) is 77.5 Å². The molecule has 3 saturated heterocycles. The van der Waals surface area contributed by atoms with E-state index in [1.165, 1.54) is 45.6 Å². The summed E-state index contributed by atoms with van der Waals surface area (Å²) in [6.07, 6.45) is 4.04. The summed E-state index contributed by atoms with van der Waals surface area (Å²) in [6, 6.07) is -3.82. The number of aryl methyl sites for hydroxylation is 3. The monoisotopic (exact) mass is 994 g/mol. The normalized spacial score (nSPS) is 27.5. The number of carbonyl (C=O) groups is 3. The number of aromatic nitrogens is 9. The molecule has 0 spiro atoms. The van der Waals surface area contributed by atoms with Gasteiger partial charge in [-0.15, -0.1) is 0 Å². The van der Waals surface area contributed by atoms with Crippen molar-refractivity contribution in [1.82, 2.24) is 59.6 Å². The van der Waals surface area contributed by atoms with E-state index in [1.807, 2.05) is 0 Å². The molecule has 72 heavy (non-hydrogen) atoms. The second-order valence-electron chi connectivity index (χ2n) is 17.5. The van der Waals surface area contributed by atoms with E-state index >= 15 is 0 Å². The number of hydrogen-bond donors (Lipinski definition) is 3. The Morgan fingerprint density at radius 1 is 0.597 bits per heavy atom. The number of rotatable bonds is 9. The average molecular weight is 994 g/mol. The first-order valence-corrected chi connectivity index (χ1v) is 23.0. The number of likely N-dealkylation sites (N-methyl/N-ethyl adjacent to an activating group) is 3. The van der Waals surface area contributed by atoms with E-state index < -0.39 is 74.7 Å². The van der Waals surface area contributed by atoms with Crippen molar-refractivity contribution in [3.05, 3.63) is 88.4 Å². The van der Waals surface area contributed by atoms with Crippen LogP contribution in [0.15, 0.2) is 37.1 Å². The molecule has 3 aliphatic heterocycles. The molecule has 6 aromatic heterocycles. The first kappa shape index (κ1) is 35.3. The number of amides is 3. The number of aromatic amines is 3. The van der Waals surface area contributed by atoms with Crippen LogP contribution in [0.25, 0.3) is 47.6 Å². The topological polar surface area (TPSA) is 208 Å². The van der Waals surface area contributed by atoms with E-state index in [-0.39, 0.29) is 94.3 Å². The lowest BCUT2D eigenvalue weighted by atomic mass is 9.92. The Morgan fingerprint density at radius 2 is 0.986 bits per heavy atom. The van der Waals surface area contributed by atoms with E-state index in [0.29, 0.717) is 69.0 Å². The maximum atomic E-state index is 12.3. The summed E-state index contributed by atoms with van der Waals surface area (Å²) in [6.45, 7) is 17.6. The minimum Gasteiger partial charge on any atom is -0.354 e. The molecule has 0 radical (unpaired) electrons. The Bertz CT molecular complexity index is 3700. The van der Waals surface area contributed by atoms with Gasteiger partial charge in [0.05, 0.1) is 41.1 Å². The maximum absolute atomic E-state index is 12.3. The number of likely N-dealkylation sites (tertiary alicyclic amines) is 3. The van der Waals surface area contributed by atoms with Crippen molar-refractivity contribution >= 4 is 68.3 Å².